The second-order valence-electron chi connectivity index (χ2n) is 5.00. The third kappa shape index (κ3) is 4.50. The van der Waals surface area contributed by atoms with Crippen LogP contribution in [0.1, 0.15) is 16.2 Å². The van der Waals surface area contributed by atoms with Gasteiger partial charge in [-0.15, -0.1) is 0 Å². The van der Waals surface area contributed by atoms with Gasteiger partial charge in [0.2, 0.25) is 0 Å². The van der Waals surface area contributed by atoms with E-state index in [9.17, 15) is 23.7 Å². The summed E-state index contributed by atoms with van der Waals surface area (Å²) in [5, 5.41) is 17.5. The van der Waals surface area contributed by atoms with Crippen molar-refractivity contribution < 1.29 is 23.2 Å². The first kappa shape index (κ1) is 18.8. The van der Waals surface area contributed by atoms with Gasteiger partial charge in [-0.25, -0.2) is 8.78 Å². The van der Waals surface area contributed by atoms with Gasteiger partial charge in [-0.2, -0.15) is 5.10 Å². The molecule has 0 unspecified atom stereocenters. The van der Waals surface area contributed by atoms with Crippen molar-refractivity contribution >= 4 is 33.2 Å². The Morgan fingerprint density at radius 1 is 1.48 bits per heavy atom. The minimum absolute atomic E-state index is 0.0363. The van der Waals surface area contributed by atoms with Gasteiger partial charge in [-0.1, -0.05) is 0 Å². The van der Waals surface area contributed by atoms with Crippen LogP contribution in [0.3, 0.4) is 0 Å². The Kier molecular flexibility index (Phi) is 5.67. The zero-order valence-electron chi connectivity index (χ0n) is 13.1. The van der Waals surface area contributed by atoms with Gasteiger partial charge in [0, 0.05) is 19.2 Å². The molecule has 1 amide bonds. The summed E-state index contributed by atoms with van der Waals surface area (Å²) >= 11 is 3.25. The number of aryl methyl sites for hydroxylation is 2. The predicted molar refractivity (Wildman–Crippen MR) is 88.2 cm³/mol. The lowest BCUT2D eigenvalue weighted by Gasteiger charge is -2.10. The number of aromatic nitrogens is 2. The number of nitro benzene ring substituents is 1. The van der Waals surface area contributed by atoms with E-state index in [0.717, 1.165) is 12.1 Å². The van der Waals surface area contributed by atoms with Crippen LogP contribution in [0.2, 0.25) is 0 Å². The molecule has 11 heteroatoms. The van der Waals surface area contributed by atoms with E-state index in [1.807, 2.05) is 0 Å². The average Bonchev–Trinajstić information content (AvgIpc) is 2.77. The number of hydrogen-bond donors (Lipinski definition) is 1. The van der Waals surface area contributed by atoms with E-state index in [2.05, 4.69) is 26.3 Å². The highest BCUT2D eigenvalue weighted by Gasteiger charge is 2.20. The molecule has 1 N–H and O–H groups in total. The minimum Gasteiger partial charge on any atom is -0.487 e. The number of nitrogens with one attached hydrogen (secondary N) is 1. The summed E-state index contributed by atoms with van der Waals surface area (Å²) in [4.78, 5) is 22.7. The fourth-order valence-electron chi connectivity index (χ4n) is 2.07. The molecule has 0 aliphatic carbocycles. The first-order valence-electron chi connectivity index (χ1n) is 6.90. The van der Waals surface area contributed by atoms with Gasteiger partial charge < -0.3 is 10.1 Å². The molecule has 1 aromatic carbocycles. The van der Waals surface area contributed by atoms with Crippen LogP contribution in [0.25, 0.3) is 0 Å². The van der Waals surface area contributed by atoms with Crippen molar-refractivity contribution in [1.29, 1.82) is 0 Å². The molecule has 0 aliphatic rings. The number of rotatable bonds is 6. The molecule has 0 fully saturated rings. The number of nitrogens with zero attached hydrogens (tertiary/aromatic N) is 3. The summed E-state index contributed by atoms with van der Waals surface area (Å²) in [6.45, 7) is 0.783. The van der Waals surface area contributed by atoms with Gasteiger partial charge in [-0.05, 0) is 22.9 Å². The average molecular weight is 419 g/mol. The van der Waals surface area contributed by atoms with Crippen LogP contribution in [0.4, 0.5) is 20.2 Å². The molecular formula is C14H13BrF2N4O4. The fourth-order valence-corrected chi connectivity index (χ4v) is 2.59. The molecule has 8 nitrogen and oxygen atoms in total. The molecule has 0 spiro atoms. The van der Waals surface area contributed by atoms with Crippen LogP contribution >= 0.6 is 15.9 Å². The molecule has 1 aromatic heterocycles. The van der Waals surface area contributed by atoms with E-state index in [4.69, 9.17) is 4.74 Å². The normalized spacial score (nSPS) is 10.8. The number of alkyl halides is 2. The predicted octanol–water partition coefficient (Wildman–Crippen LogP) is 3.30. The Hall–Kier alpha value is -2.56. The summed E-state index contributed by atoms with van der Waals surface area (Å²) in [5.74, 6) is -0.722. The summed E-state index contributed by atoms with van der Waals surface area (Å²) in [5.41, 5.74) is 0.434. The third-order valence-electron chi connectivity index (χ3n) is 3.10. The van der Waals surface area contributed by atoms with Crippen LogP contribution in [-0.2, 0) is 7.05 Å². The van der Waals surface area contributed by atoms with Crippen LogP contribution in [-0.4, -0.2) is 33.6 Å². The fraction of sp³-hybridized carbons (Fsp3) is 0.286. The van der Waals surface area contributed by atoms with Gasteiger partial charge >= 0.3 is 0 Å². The lowest BCUT2D eigenvalue weighted by Crippen LogP contribution is -2.17. The Morgan fingerprint density at radius 2 is 2.16 bits per heavy atom. The molecule has 0 bridgehead atoms. The monoisotopic (exact) mass is 418 g/mol. The number of carbonyl (C=O) groups excluding carboxylic acids is 1. The lowest BCUT2D eigenvalue weighted by molar-refractivity contribution is -0.384. The zero-order valence-corrected chi connectivity index (χ0v) is 14.7. The number of anilines is 1. The maximum absolute atomic E-state index is 12.4. The topological polar surface area (TPSA) is 99.3 Å². The second-order valence-corrected chi connectivity index (χ2v) is 5.79. The highest BCUT2D eigenvalue weighted by atomic mass is 79.9. The molecule has 0 saturated heterocycles. The number of nitro groups is 1. The van der Waals surface area contributed by atoms with Crippen LogP contribution in [0.15, 0.2) is 22.7 Å². The molecule has 0 atom stereocenters. The summed E-state index contributed by atoms with van der Waals surface area (Å²) in [6.07, 6.45) is -2.73. The van der Waals surface area contributed by atoms with Crippen LogP contribution in [0.5, 0.6) is 5.75 Å². The van der Waals surface area contributed by atoms with E-state index >= 15 is 0 Å². The van der Waals surface area contributed by atoms with Gasteiger partial charge in [0.15, 0.2) is 0 Å². The van der Waals surface area contributed by atoms with Gasteiger partial charge in [0.1, 0.15) is 18.1 Å². The molecule has 0 radical (unpaired) electrons. The van der Waals surface area contributed by atoms with E-state index in [0.29, 0.717) is 10.2 Å². The molecule has 25 heavy (non-hydrogen) atoms. The SMILES string of the molecule is Cc1nn(C)c(C(=O)Nc2cc(OCC(F)F)cc([N+](=O)[O-])c2)c1Br. The van der Waals surface area contributed by atoms with E-state index in [-0.39, 0.29) is 17.1 Å². The number of ether oxygens (including phenoxy) is 1. The number of hydrogen-bond acceptors (Lipinski definition) is 5. The first-order chi connectivity index (χ1) is 11.7. The largest absolute Gasteiger partial charge is 0.487 e. The first-order valence-corrected chi connectivity index (χ1v) is 7.69. The smallest absolute Gasteiger partial charge is 0.275 e. The maximum Gasteiger partial charge on any atom is 0.275 e. The van der Waals surface area contributed by atoms with Crippen molar-refractivity contribution in [2.45, 2.75) is 13.3 Å². The number of halogens is 3. The molecular weight excluding hydrogens is 406 g/mol. The maximum atomic E-state index is 12.4. The lowest BCUT2D eigenvalue weighted by atomic mass is 10.2. The summed E-state index contributed by atoms with van der Waals surface area (Å²) < 4.78 is 31.1. The van der Waals surface area contributed by atoms with Crippen molar-refractivity contribution in [2.75, 3.05) is 11.9 Å². The van der Waals surface area contributed by atoms with Crippen molar-refractivity contribution in [1.82, 2.24) is 9.78 Å². The molecule has 2 aromatic rings. The highest BCUT2D eigenvalue weighted by Crippen LogP contribution is 2.28. The Bertz CT molecular complexity index is 825. The molecule has 0 aliphatic heterocycles. The highest BCUT2D eigenvalue weighted by molar-refractivity contribution is 9.10. The molecule has 1 heterocycles. The Balaban J connectivity index is 2.31. The second kappa shape index (κ2) is 7.55. The number of carbonyl (C=O) groups is 1. The quantitative estimate of drug-likeness (QED) is 0.572. The minimum atomic E-state index is -2.73. The Labute approximate surface area is 149 Å². The molecule has 0 saturated carbocycles. The zero-order chi connectivity index (χ0) is 18.7. The van der Waals surface area contributed by atoms with Crippen molar-refractivity contribution in [3.05, 3.63) is 44.2 Å². The third-order valence-corrected chi connectivity index (χ3v) is 4.05. The van der Waals surface area contributed by atoms with Gasteiger partial charge in [-0.3, -0.25) is 19.6 Å². The van der Waals surface area contributed by atoms with E-state index in [1.165, 1.54) is 10.7 Å². The molecule has 134 valence electrons. The van der Waals surface area contributed by atoms with Crippen molar-refractivity contribution in [2.24, 2.45) is 7.05 Å². The number of benzene rings is 1. The van der Waals surface area contributed by atoms with Crippen LogP contribution < -0.4 is 10.1 Å². The summed E-state index contributed by atoms with van der Waals surface area (Å²) in [7, 11) is 1.57. The Morgan fingerprint density at radius 3 is 2.68 bits per heavy atom. The molecule has 2 rings (SSSR count). The summed E-state index contributed by atoms with van der Waals surface area (Å²) in [6, 6.07) is 3.33. The number of non-ortho nitro benzene ring substituents is 1. The van der Waals surface area contributed by atoms with Gasteiger partial charge in [0.05, 0.1) is 26.8 Å². The van der Waals surface area contributed by atoms with Crippen LogP contribution in [0, 0.1) is 17.0 Å². The van der Waals surface area contributed by atoms with E-state index in [1.54, 1.807) is 14.0 Å². The van der Waals surface area contributed by atoms with E-state index < -0.39 is 29.6 Å². The van der Waals surface area contributed by atoms with Crippen molar-refractivity contribution in [3.8, 4) is 5.75 Å². The van der Waals surface area contributed by atoms with Gasteiger partial charge in [0.25, 0.3) is 18.0 Å². The number of amides is 1. The van der Waals surface area contributed by atoms with Crippen molar-refractivity contribution in [3.63, 3.8) is 0 Å². The standard InChI is InChI=1S/C14H13BrF2N4O4/c1-7-12(15)13(20(2)19-7)14(22)18-8-3-9(21(23)24)5-10(4-8)25-6-11(16)17/h3-5,11H,6H2,1-2H3,(H,18,22).